The highest BCUT2D eigenvalue weighted by Crippen LogP contribution is 2.49. The maximum atomic E-state index is 12.9. The van der Waals surface area contributed by atoms with Crippen LogP contribution < -0.4 is 24.3 Å². The van der Waals surface area contributed by atoms with E-state index in [4.69, 9.17) is 37.9 Å². The number of nitrogens with one attached hydrogen (secondary N) is 1. The molecule has 12 nitrogen and oxygen atoms in total. The van der Waals surface area contributed by atoms with Crippen LogP contribution in [0.4, 0.5) is 0 Å². The second-order valence-corrected chi connectivity index (χ2v) is 13.4. The van der Waals surface area contributed by atoms with Crippen molar-refractivity contribution in [1.82, 2.24) is 10.2 Å². The van der Waals surface area contributed by atoms with E-state index in [9.17, 15) is 9.59 Å². The van der Waals surface area contributed by atoms with Gasteiger partial charge in [0.2, 0.25) is 13.6 Å². The van der Waals surface area contributed by atoms with Crippen LogP contribution in [0.5, 0.6) is 23.0 Å². The predicted octanol–water partition coefficient (Wildman–Crippen LogP) is 3.13. The van der Waals surface area contributed by atoms with Gasteiger partial charge in [0.15, 0.2) is 58.3 Å². The molecule has 6 heterocycles. The third-order valence-electron chi connectivity index (χ3n) is 9.42. The fourth-order valence-electron chi connectivity index (χ4n) is 7.38. The molecule has 10 rings (SSSR count). The van der Waals surface area contributed by atoms with E-state index in [0.29, 0.717) is 11.3 Å². The number of carbonyl (C=O) groups is 2. The van der Waals surface area contributed by atoms with Gasteiger partial charge in [0.25, 0.3) is 0 Å². The van der Waals surface area contributed by atoms with E-state index >= 15 is 0 Å². The SMILES string of the molecule is CC1(C)O[C@@H]2C(=O)C3=C(NCCc4cc5c(cc43)OCO5)[C@@H]2O1.CC1(C)O[C@@H]2C(=O)C=C(N3CC3c3ccc4c(c3)OCO4)[C@@H]2O1. The summed E-state index contributed by atoms with van der Waals surface area (Å²) < 4.78 is 45.1. The van der Waals surface area contributed by atoms with Gasteiger partial charge in [-0.15, -0.1) is 0 Å². The second-order valence-electron chi connectivity index (χ2n) is 13.4. The van der Waals surface area contributed by atoms with Gasteiger partial charge in [-0.3, -0.25) is 9.59 Å². The Hall–Kier alpha value is -4.10. The number of nitrogens with zero attached hydrogens (tertiary/aromatic N) is 1. The van der Waals surface area contributed by atoms with Crippen LogP contribution in [0.2, 0.25) is 0 Å². The van der Waals surface area contributed by atoms with Gasteiger partial charge in [0, 0.05) is 24.7 Å². The van der Waals surface area contributed by atoms with Crippen molar-refractivity contribution < 1.29 is 47.5 Å². The van der Waals surface area contributed by atoms with E-state index in [1.165, 1.54) is 0 Å². The van der Waals surface area contributed by atoms with Crippen molar-refractivity contribution in [1.29, 1.82) is 0 Å². The number of carbonyl (C=O) groups excluding carboxylic acids is 2. The van der Waals surface area contributed by atoms with E-state index in [1.807, 2.05) is 58.0 Å². The largest absolute Gasteiger partial charge is 0.454 e. The zero-order valence-electron chi connectivity index (χ0n) is 25.9. The number of fused-ring (bicyclic) bond motifs is 7. The highest BCUT2D eigenvalue weighted by atomic mass is 16.8. The normalized spacial score (nSPS) is 31.3. The minimum absolute atomic E-state index is 0.00749. The number of benzene rings is 2. The van der Waals surface area contributed by atoms with Crippen molar-refractivity contribution in [3.05, 3.63) is 64.5 Å². The Morgan fingerprint density at radius 1 is 0.761 bits per heavy atom. The summed E-state index contributed by atoms with van der Waals surface area (Å²) >= 11 is 0. The molecular weight excluding hydrogens is 596 g/mol. The molecule has 2 aliphatic carbocycles. The Morgan fingerprint density at radius 2 is 1.41 bits per heavy atom. The summed E-state index contributed by atoms with van der Waals surface area (Å²) in [6.07, 6.45) is 0.753. The summed E-state index contributed by atoms with van der Waals surface area (Å²) in [7, 11) is 0. The summed E-state index contributed by atoms with van der Waals surface area (Å²) in [4.78, 5) is 27.3. The molecule has 0 radical (unpaired) electrons. The van der Waals surface area contributed by atoms with Crippen LogP contribution in [0.25, 0.3) is 5.57 Å². The molecule has 5 atom stereocenters. The first kappa shape index (κ1) is 28.1. The maximum Gasteiger partial charge on any atom is 0.231 e. The highest BCUT2D eigenvalue weighted by molar-refractivity contribution is 6.27. The lowest BCUT2D eigenvalue weighted by atomic mass is 9.96. The summed E-state index contributed by atoms with van der Waals surface area (Å²) in [6, 6.07) is 10.1. The monoisotopic (exact) mass is 630 g/mol. The van der Waals surface area contributed by atoms with E-state index in [0.717, 1.165) is 64.8 Å². The van der Waals surface area contributed by atoms with E-state index < -0.39 is 23.8 Å². The number of Topliss-reactive ketones (excluding diaryl/α,β-unsaturated/α-hetero) is 1. The minimum atomic E-state index is -0.741. The van der Waals surface area contributed by atoms with Crippen LogP contribution >= 0.6 is 0 Å². The molecule has 3 fully saturated rings. The molecular formula is C34H34N2O10. The third kappa shape index (κ3) is 4.42. The van der Waals surface area contributed by atoms with E-state index in [2.05, 4.69) is 10.2 Å². The Bertz CT molecular complexity index is 1760. The van der Waals surface area contributed by atoms with E-state index in [-0.39, 0.29) is 43.4 Å². The smallest absolute Gasteiger partial charge is 0.231 e. The topological polar surface area (TPSA) is 123 Å². The van der Waals surface area contributed by atoms with Crippen molar-refractivity contribution in [2.24, 2.45) is 0 Å². The van der Waals surface area contributed by atoms with Crippen LogP contribution in [0.15, 0.2) is 47.8 Å². The lowest BCUT2D eigenvalue weighted by Gasteiger charge is -2.19. The Labute approximate surface area is 265 Å². The van der Waals surface area contributed by atoms with Crippen molar-refractivity contribution >= 4 is 17.1 Å². The first-order valence-electron chi connectivity index (χ1n) is 15.6. The van der Waals surface area contributed by atoms with Crippen LogP contribution in [-0.2, 0) is 35.0 Å². The molecule has 0 spiro atoms. The molecule has 1 N–H and O–H groups in total. The number of hydrogen-bond donors (Lipinski definition) is 1. The Morgan fingerprint density at radius 3 is 2.20 bits per heavy atom. The molecule has 6 aliphatic heterocycles. The van der Waals surface area contributed by atoms with Crippen LogP contribution in [0.3, 0.4) is 0 Å². The number of ether oxygens (including phenoxy) is 8. The molecule has 0 saturated carbocycles. The quantitative estimate of drug-likeness (QED) is 0.491. The van der Waals surface area contributed by atoms with Crippen LogP contribution in [-0.4, -0.2) is 79.1 Å². The molecule has 0 aromatic heterocycles. The van der Waals surface area contributed by atoms with Gasteiger partial charge in [-0.25, -0.2) is 0 Å². The fourth-order valence-corrected chi connectivity index (χ4v) is 7.38. The summed E-state index contributed by atoms with van der Waals surface area (Å²) in [5.41, 5.74) is 5.57. The van der Waals surface area contributed by atoms with Crippen molar-refractivity contribution in [2.45, 2.75) is 76.1 Å². The zero-order valence-corrected chi connectivity index (χ0v) is 25.9. The summed E-state index contributed by atoms with van der Waals surface area (Å²) in [6.45, 7) is 9.46. The number of rotatable bonds is 2. The standard InChI is InChI=1S/2C17H17NO5/c1-17(2)22-15-10(6-12(19)16(15)23-17)18-7-11(18)9-3-4-13-14(5-9)21-8-20-13;1-17(2)22-15-13-12(14(19)16(15)23-17)9-6-11-10(20-7-21-11)5-8(9)3-4-18-13/h3-6,11,15-16H,7-8H2,1-2H3;5-6,15-16,18H,3-4,7H2,1-2H3/t11?,15-,16+,18?;15-,16+/m00/s1. The lowest BCUT2D eigenvalue weighted by Crippen LogP contribution is -2.30. The van der Waals surface area contributed by atoms with Gasteiger partial charge in [-0.1, -0.05) is 6.07 Å². The molecule has 1 unspecified atom stereocenters. The van der Waals surface area contributed by atoms with Crippen LogP contribution in [0, 0.1) is 0 Å². The third-order valence-corrected chi connectivity index (χ3v) is 9.42. The van der Waals surface area contributed by atoms with Gasteiger partial charge < -0.3 is 48.1 Å². The molecule has 2 aromatic carbocycles. The van der Waals surface area contributed by atoms with Crippen molar-refractivity contribution in [3.8, 4) is 23.0 Å². The average molecular weight is 631 g/mol. The molecule has 12 heteroatoms. The van der Waals surface area contributed by atoms with E-state index in [1.54, 1.807) is 6.08 Å². The minimum Gasteiger partial charge on any atom is -0.454 e. The highest BCUT2D eigenvalue weighted by Gasteiger charge is 2.55. The molecule has 0 amide bonds. The number of ketones is 2. The number of hydrogen-bond acceptors (Lipinski definition) is 12. The Kier molecular flexibility index (Phi) is 5.94. The molecule has 3 saturated heterocycles. The second kappa shape index (κ2) is 9.71. The fraction of sp³-hybridized carbons (Fsp3) is 0.471. The first-order valence-corrected chi connectivity index (χ1v) is 15.6. The van der Waals surface area contributed by atoms with Crippen LogP contribution in [0.1, 0.15) is 50.4 Å². The average Bonchev–Trinajstić information content (AvgIpc) is 3.44. The van der Waals surface area contributed by atoms with Gasteiger partial charge in [-0.05, 0) is 75.1 Å². The van der Waals surface area contributed by atoms with Gasteiger partial charge in [0.05, 0.1) is 17.4 Å². The maximum absolute atomic E-state index is 12.9. The molecule has 46 heavy (non-hydrogen) atoms. The molecule has 2 aromatic rings. The predicted molar refractivity (Wildman–Crippen MR) is 159 cm³/mol. The summed E-state index contributed by atoms with van der Waals surface area (Å²) in [5, 5.41) is 3.38. The van der Waals surface area contributed by atoms with Crippen molar-refractivity contribution in [3.63, 3.8) is 0 Å². The molecule has 8 aliphatic rings. The first-order chi connectivity index (χ1) is 22.1. The zero-order chi connectivity index (χ0) is 31.5. The van der Waals surface area contributed by atoms with Gasteiger partial charge in [0.1, 0.15) is 12.2 Å². The summed E-state index contributed by atoms with van der Waals surface area (Å²) in [5.74, 6) is 1.51. The Balaban J connectivity index is 0.000000127. The molecule has 240 valence electrons. The lowest BCUT2D eigenvalue weighted by molar-refractivity contribution is -0.153. The van der Waals surface area contributed by atoms with Crippen molar-refractivity contribution in [2.75, 3.05) is 26.7 Å². The van der Waals surface area contributed by atoms with Gasteiger partial charge in [-0.2, -0.15) is 0 Å². The van der Waals surface area contributed by atoms with Gasteiger partial charge >= 0.3 is 0 Å². The molecule has 0 bridgehead atoms.